The fraction of sp³-hybridized carbons (Fsp3) is 0.786. The molecular formula is C14H22N4O3. The van der Waals surface area contributed by atoms with Crippen LogP contribution < -0.4 is 5.32 Å². The third-order valence-electron chi connectivity index (χ3n) is 4.32. The minimum atomic E-state index is -0.327. The molecule has 0 amide bonds. The number of hydrogen-bond donors (Lipinski definition) is 1. The number of hydrogen-bond acceptors (Lipinski definition) is 5. The SMILES string of the molecule is CC(C)c1nn(C)c(NC2CCOC2C2CC2)c1[N+](=O)[O-]. The lowest BCUT2D eigenvalue weighted by atomic mass is 10.1. The van der Waals surface area contributed by atoms with Gasteiger partial charge in [-0.25, -0.2) is 4.68 Å². The molecule has 2 unspecified atom stereocenters. The maximum absolute atomic E-state index is 11.4. The second kappa shape index (κ2) is 5.29. The minimum Gasteiger partial charge on any atom is -0.376 e. The van der Waals surface area contributed by atoms with Crippen molar-refractivity contribution in [2.45, 2.75) is 51.2 Å². The van der Waals surface area contributed by atoms with Gasteiger partial charge in [0, 0.05) is 19.6 Å². The molecule has 1 aliphatic heterocycles. The third-order valence-corrected chi connectivity index (χ3v) is 4.32. The number of nitro groups is 1. The Balaban J connectivity index is 1.89. The molecule has 0 aromatic carbocycles. The van der Waals surface area contributed by atoms with Crippen LogP contribution in [0.15, 0.2) is 0 Å². The number of aromatic nitrogens is 2. The summed E-state index contributed by atoms with van der Waals surface area (Å²) in [6.45, 7) is 4.57. The second-order valence-electron chi connectivity index (χ2n) is 6.33. The molecule has 1 N–H and O–H groups in total. The van der Waals surface area contributed by atoms with Gasteiger partial charge in [-0.05, 0) is 25.2 Å². The van der Waals surface area contributed by atoms with Crippen LogP contribution in [0.2, 0.25) is 0 Å². The van der Waals surface area contributed by atoms with Gasteiger partial charge in [0.1, 0.15) is 5.69 Å². The summed E-state index contributed by atoms with van der Waals surface area (Å²) in [6.07, 6.45) is 3.48. The molecule has 0 spiro atoms. The van der Waals surface area contributed by atoms with Crippen molar-refractivity contribution in [3.8, 4) is 0 Å². The Labute approximate surface area is 123 Å². The monoisotopic (exact) mass is 294 g/mol. The molecule has 7 nitrogen and oxygen atoms in total. The van der Waals surface area contributed by atoms with E-state index in [4.69, 9.17) is 4.74 Å². The van der Waals surface area contributed by atoms with Crippen molar-refractivity contribution < 1.29 is 9.66 Å². The van der Waals surface area contributed by atoms with E-state index in [-0.39, 0.29) is 28.7 Å². The molecule has 2 heterocycles. The Kier molecular flexibility index (Phi) is 3.61. The summed E-state index contributed by atoms with van der Waals surface area (Å²) in [5, 5.41) is 19.1. The van der Waals surface area contributed by atoms with Gasteiger partial charge < -0.3 is 10.1 Å². The fourth-order valence-corrected chi connectivity index (χ4v) is 3.10. The topological polar surface area (TPSA) is 82.2 Å². The quantitative estimate of drug-likeness (QED) is 0.666. The van der Waals surface area contributed by atoms with E-state index >= 15 is 0 Å². The smallest absolute Gasteiger partial charge is 0.334 e. The molecule has 0 bridgehead atoms. The molecule has 21 heavy (non-hydrogen) atoms. The number of aryl methyl sites for hydroxylation is 1. The summed E-state index contributed by atoms with van der Waals surface area (Å²) in [6, 6.07) is 0.145. The third kappa shape index (κ3) is 2.62. The van der Waals surface area contributed by atoms with E-state index in [1.807, 2.05) is 13.8 Å². The number of ether oxygens (including phenoxy) is 1. The molecule has 2 aliphatic rings. The van der Waals surface area contributed by atoms with Gasteiger partial charge in [-0.15, -0.1) is 0 Å². The summed E-state index contributed by atoms with van der Waals surface area (Å²) in [5.74, 6) is 1.14. The number of anilines is 1. The van der Waals surface area contributed by atoms with E-state index in [0.29, 0.717) is 17.4 Å². The first-order chi connectivity index (χ1) is 9.99. The van der Waals surface area contributed by atoms with Crippen LogP contribution in [0.1, 0.15) is 44.7 Å². The van der Waals surface area contributed by atoms with Gasteiger partial charge in [-0.3, -0.25) is 10.1 Å². The standard InChI is InChI=1S/C14H22N4O3/c1-8(2)11-12(18(19)20)14(17(3)16-11)15-10-6-7-21-13(10)9-4-5-9/h8-10,13,15H,4-7H2,1-3H3. The van der Waals surface area contributed by atoms with E-state index in [1.165, 1.54) is 12.8 Å². The predicted molar refractivity (Wildman–Crippen MR) is 78.4 cm³/mol. The van der Waals surface area contributed by atoms with E-state index in [9.17, 15) is 10.1 Å². The summed E-state index contributed by atoms with van der Waals surface area (Å²) < 4.78 is 7.39. The molecule has 1 aromatic heterocycles. The van der Waals surface area contributed by atoms with Crippen LogP contribution in [-0.2, 0) is 11.8 Å². The molecule has 1 saturated heterocycles. The van der Waals surface area contributed by atoms with Gasteiger partial charge >= 0.3 is 5.69 Å². The average Bonchev–Trinajstić information content (AvgIpc) is 3.06. The highest BCUT2D eigenvalue weighted by atomic mass is 16.6. The Morgan fingerprint density at radius 3 is 2.71 bits per heavy atom. The largest absolute Gasteiger partial charge is 0.376 e. The van der Waals surface area contributed by atoms with Gasteiger partial charge in [0.25, 0.3) is 0 Å². The second-order valence-corrected chi connectivity index (χ2v) is 6.33. The van der Waals surface area contributed by atoms with Crippen LogP contribution >= 0.6 is 0 Å². The van der Waals surface area contributed by atoms with Gasteiger partial charge in [-0.2, -0.15) is 5.10 Å². The molecular weight excluding hydrogens is 272 g/mol. The molecule has 2 fully saturated rings. The summed E-state index contributed by atoms with van der Waals surface area (Å²) >= 11 is 0. The lowest BCUT2D eigenvalue weighted by Gasteiger charge is -2.20. The number of nitrogens with one attached hydrogen (secondary N) is 1. The van der Waals surface area contributed by atoms with Crippen molar-refractivity contribution in [2.24, 2.45) is 13.0 Å². The minimum absolute atomic E-state index is 0.0196. The predicted octanol–water partition coefficient (Wildman–Crippen LogP) is 2.43. The van der Waals surface area contributed by atoms with Crippen LogP contribution in [0.4, 0.5) is 11.5 Å². The van der Waals surface area contributed by atoms with Crippen LogP contribution in [0.25, 0.3) is 0 Å². The zero-order valence-electron chi connectivity index (χ0n) is 12.7. The number of nitrogens with zero attached hydrogens (tertiary/aromatic N) is 3. The zero-order valence-corrected chi connectivity index (χ0v) is 12.7. The maximum Gasteiger partial charge on any atom is 0.334 e. The first-order valence-corrected chi connectivity index (χ1v) is 7.58. The highest BCUT2D eigenvalue weighted by Gasteiger charge is 2.42. The Bertz CT molecular complexity index is 551. The van der Waals surface area contributed by atoms with Crippen molar-refractivity contribution >= 4 is 11.5 Å². The summed E-state index contributed by atoms with van der Waals surface area (Å²) in [4.78, 5) is 11.1. The molecule has 0 radical (unpaired) electrons. The first-order valence-electron chi connectivity index (χ1n) is 7.58. The fourth-order valence-electron chi connectivity index (χ4n) is 3.10. The van der Waals surface area contributed by atoms with Gasteiger partial charge in [0.05, 0.1) is 17.1 Å². The normalized spacial score (nSPS) is 25.5. The maximum atomic E-state index is 11.4. The van der Waals surface area contributed by atoms with Crippen LogP contribution in [0, 0.1) is 16.0 Å². The van der Waals surface area contributed by atoms with E-state index in [1.54, 1.807) is 11.7 Å². The summed E-state index contributed by atoms with van der Waals surface area (Å²) in [5.41, 5.74) is 0.640. The van der Waals surface area contributed by atoms with Crippen LogP contribution in [-0.4, -0.2) is 33.5 Å². The van der Waals surface area contributed by atoms with Gasteiger partial charge in [0.2, 0.25) is 5.82 Å². The first kappa shape index (κ1) is 14.3. The molecule has 1 saturated carbocycles. The zero-order chi connectivity index (χ0) is 15.1. The molecule has 2 atom stereocenters. The Morgan fingerprint density at radius 2 is 2.14 bits per heavy atom. The highest BCUT2D eigenvalue weighted by Crippen LogP contribution is 2.41. The molecule has 1 aromatic rings. The average molecular weight is 294 g/mol. The number of rotatable bonds is 5. The van der Waals surface area contributed by atoms with E-state index in [0.717, 1.165) is 13.0 Å². The molecule has 7 heteroatoms. The van der Waals surface area contributed by atoms with E-state index in [2.05, 4.69) is 10.4 Å². The van der Waals surface area contributed by atoms with Crippen LogP contribution in [0.3, 0.4) is 0 Å². The molecule has 1 aliphatic carbocycles. The summed E-state index contributed by atoms with van der Waals surface area (Å²) in [7, 11) is 1.75. The van der Waals surface area contributed by atoms with E-state index < -0.39 is 0 Å². The van der Waals surface area contributed by atoms with Crippen molar-refractivity contribution in [3.63, 3.8) is 0 Å². The van der Waals surface area contributed by atoms with Crippen LogP contribution in [0.5, 0.6) is 0 Å². The van der Waals surface area contributed by atoms with Crippen molar-refractivity contribution in [3.05, 3.63) is 15.8 Å². The lowest BCUT2D eigenvalue weighted by molar-refractivity contribution is -0.384. The van der Waals surface area contributed by atoms with Crippen molar-refractivity contribution in [1.82, 2.24) is 9.78 Å². The molecule has 116 valence electrons. The van der Waals surface area contributed by atoms with Gasteiger partial charge in [-0.1, -0.05) is 13.8 Å². The van der Waals surface area contributed by atoms with Crippen molar-refractivity contribution in [2.75, 3.05) is 11.9 Å². The Hall–Kier alpha value is -1.63. The van der Waals surface area contributed by atoms with Crippen molar-refractivity contribution in [1.29, 1.82) is 0 Å². The van der Waals surface area contributed by atoms with Gasteiger partial charge in [0.15, 0.2) is 0 Å². The lowest BCUT2D eigenvalue weighted by Crippen LogP contribution is -2.32. The Morgan fingerprint density at radius 1 is 1.43 bits per heavy atom. The molecule has 3 rings (SSSR count). The highest BCUT2D eigenvalue weighted by molar-refractivity contribution is 5.61.